The van der Waals surface area contributed by atoms with Crippen molar-refractivity contribution in [2.45, 2.75) is 38.1 Å². The van der Waals surface area contributed by atoms with Gasteiger partial charge in [-0.2, -0.15) is 4.98 Å². The van der Waals surface area contributed by atoms with Gasteiger partial charge in [0.25, 0.3) is 5.91 Å². The van der Waals surface area contributed by atoms with Gasteiger partial charge in [-0.05, 0) is 13.3 Å². The topological polar surface area (TPSA) is 126 Å². The van der Waals surface area contributed by atoms with Crippen LogP contribution in [-0.4, -0.2) is 63.9 Å². The highest BCUT2D eigenvalue weighted by atomic mass is 32.2. The van der Waals surface area contributed by atoms with Crippen molar-refractivity contribution in [1.29, 1.82) is 0 Å². The van der Waals surface area contributed by atoms with E-state index in [0.717, 1.165) is 6.42 Å². The molecule has 2 aliphatic heterocycles. The number of anilines is 1. The maximum atomic E-state index is 12.1. The van der Waals surface area contributed by atoms with Crippen LogP contribution < -0.4 is 10.6 Å². The molecular weight excluding hydrogens is 298 g/mol. The summed E-state index contributed by atoms with van der Waals surface area (Å²) in [5.41, 5.74) is 0. The predicted molar refractivity (Wildman–Crippen MR) is 73.6 cm³/mol. The number of aliphatic hydroxyl groups is 1. The van der Waals surface area contributed by atoms with Crippen LogP contribution in [-0.2, 0) is 16.4 Å². The van der Waals surface area contributed by atoms with Crippen LogP contribution >= 0.6 is 0 Å². The molecule has 0 bridgehead atoms. The van der Waals surface area contributed by atoms with Crippen molar-refractivity contribution in [3.05, 3.63) is 5.82 Å². The molecule has 10 heteroatoms. The minimum Gasteiger partial charge on any atom is -0.390 e. The highest BCUT2D eigenvalue weighted by Crippen LogP contribution is 2.16. The lowest BCUT2D eigenvalue weighted by molar-refractivity contribution is 0.0878. The third-order valence-electron chi connectivity index (χ3n) is 3.66. The molecular formula is C11H17N5O4S. The molecule has 3 N–H and O–H groups in total. The van der Waals surface area contributed by atoms with E-state index in [1.165, 1.54) is 0 Å². The molecule has 0 radical (unpaired) electrons. The molecule has 1 unspecified atom stereocenters. The fourth-order valence-electron chi connectivity index (χ4n) is 2.51. The highest BCUT2D eigenvalue weighted by Gasteiger charge is 2.38. The number of rotatable bonds is 2. The molecule has 0 saturated carbocycles. The van der Waals surface area contributed by atoms with Crippen LogP contribution in [0.5, 0.6) is 0 Å². The zero-order valence-electron chi connectivity index (χ0n) is 11.5. The number of nitrogens with one attached hydrogen (secondary N) is 2. The second-order valence-corrected chi connectivity index (χ2v) is 7.69. The van der Waals surface area contributed by atoms with Gasteiger partial charge in [-0.15, -0.1) is 5.10 Å². The first-order valence-electron chi connectivity index (χ1n) is 6.75. The van der Waals surface area contributed by atoms with Crippen molar-refractivity contribution in [2.75, 3.05) is 16.8 Å². The van der Waals surface area contributed by atoms with Crippen LogP contribution in [0.1, 0.15) is 24.0 Å². The number of carbonyl (C=O) groups is 1. The summed E-state index contributed by atoms with van der Waals surface area (Å²) in [7, 11) is -3.31. The van der Waals surface area contributed by atoms with Crippen molar-refractivity contribution < 1.29 is 18.3 Å². The Morgan fingerprint density at radius 2 is 2.24 bits per heavy atom. The second kappa shape index (κ2) is 4.95. The Labute approximate surface area is 121 Å². The minimum atomic E-state index is -3.31. The van der Waals surface area contributed by atoms with Gasteiger partial charge in [0.05, 0.1) is 23.7 Å². The van der Waals surface area contributed by atoms with Crippen LogP contribution in [0.2, 0.25) is 0 Å². The highest BCUT2D eigenvalue weighted by molar-refractivity contribution is 7.91. The first kappa shape index (κ1) is 14.3. The zero-order chi connectivity index (χ0) is 15.2. The number of carbonyl (C=O) groups excluding carboxylic acids is 1. The summed E-state index contributed by atoms with van der Waals surface area (Å²) in [4.78, 5) is 16.2. The van der Waals surface area contributed by atoms with E-state index < -0.39 is 27.9 Å². The summed E-state index contributed by atoms with van der Waals surface area (Å²) < 4.78 is 24.4. The lowest BCUT2D eigenvalue weighted by Crippen LogP contribution is -2.43. The summed E-state index contributed by atoms with van der Waals surface area (Å²) in [6.45, 7) is 2.68. The number of fused-ring (bicyclic) bond motifs is 1. The number of amides is 1. The lowest BCUT2D eigenvalue weighted by atomic mass is 10.2. The van der Waals surface area contributed by atoms with Gasteiger partial charge in [0.15, 0.2) is 9.84 Å². The number of hydrogen-bond acceptors (Lipinski definition) is 7. The summed E-state index contributed by atoms with van der Waals surface area (Å²) in [6, 6.07) is -0.547. The number of aliphatic hydroxyl groups excluding tert-OH is 1. The largest absolute Gasteiger partial charge is 0.390 e. The number of aromatic nitrogens is 3. The Morgan fingerprint density at radius 3 is 2.90 bits per heavy atom. The molecule has 1 amide bonds. The van der Waals surface area contributed by atoms with Gasteiger partial charge < -0.3 is 15.7 Å². The van der Waals surface area contributed by atoms with Gasteiger partial charge in [-0.3, -0.25) is 4.79 Å². The van der Waals surface area contributed by atoms with Gasteiger partial charge in [-0.25, -0.2) is 13.1 Å². The van der Waals surface area contributed by atoms with E-state index in [9.17, 15) is 18.3 Å². The fourth-order valence-corrected chi connectivity index (χ4v) is 4.25. The van der Waals surface area contributed by atoms with Crippen molar-refractivity contribution in [1.82, 2.24) is 20.1 Å². The molecule has 1 aromatic rings. The van der Waals surface area contributed by atoms with E-state index in [2.05, 4.69) is 20.7 Å². The molecule has 2 aliphatic rings. The normalized spacial score (nSPS) is 30.5. The molecule has 21 heavy (non-hydrogen) atoms. The maximum absolute atomic E-state index is 12.1. The van der Waals surface area contributed by atoms with Crippen molar-refractivity contribution in [3.8, 4) is 0 Å². The summed E-state index contributed by atoms with van der Waals surface area (Å²) in [5, 5.41) is 19.4. The first-order chi connectivity index (χ1) is 9.84. The van der Waals surface area contributed by atoms with Crippen LogP contribution in [0, 0.1) is 0 Å². The molecule has 3 heterocycles. The van der Waals surface area contributed by atoms with E-state index >= 15 is 0 Å². The Morgan fingerprint density at radius 1 is 1.48 bits per heavy atom. The molecule has 9 nitrogen and oxygen atoms in total. The molecule has 1 aromatic heterocycles. The van der Waals surface area contributed by atoms with Gasteiger partial charge in [0.2, 0.25) is 11.8 Å². The van der Waals surface area contributed by atoms with Crippen LogP contribution in [0.15, 0.2) is 0 Å². The standard InChI is InChI=1S/C11H17N5O4S/c1-6-2-3-16-11(12-6)14-9(15-16)10(18)13-7-4-21(19,20)5-8(7)17/h6-8,17H,2-5H2,1H3,(H,13,18)(H,12,14,15)/t6?,7-,8-/m1/s1. The maximum Gasteiger partial charge on any atom is 0.291 e. The number of nitrogens with zero attached hydrogens (tertiary/aromatic N) is 3. The minimum absolute atomic E-state index is 0.0249. The second-order valence-electron chi connectivity index (χ2n) is 5.54. The van der Waals surface area contributed by atoms with Crippen molar-refractivity contribution in [3.63, 3.8) is 0 Å². The fraction of sp³-hybridized carbons (Fsp3) is 0.727. The monoisotopic (exact) mass is 315 g/mol. The number of aryl methyl sites for hydroxylation is 1. The Kier molecular flexibility index (Phi) is 3.36. The summed E-state index contributed by atoms with van der Waals surface area (Å²) in [6.07, 6.45) is -0.203. The average molecular weight is 315 g/mol. The molecule has 3 atom stereocenters. The van der Waals surface area contributed by atoms with E-state index in [-0.39, 0.29) is 23.4 Å². The molecule has 1 fully saturated rings. The van der Waals surface area contributed by atoms with E-state index in [0.29, 0.717) is 12.5 Å². The summed E-state index contributed by atoms with van der Waals surface area (Å²) in [5.74, 6) is -0.665. The smallest absolute Gasteiger partial charge is 0.291 e. The van der Waals surface area contributed by atoms with Crippen LogP contribution in [0.4, 0.5) is 5.95 Å². The van der Waals surface area contributed by atoms with E-state index in [4.69, 9.17) is 0 Å². The van der Waals surface area contributed by atoms with Gasteiger partial charge in [0, 0.05) is 12.6 Å². The number of hydrogen-bond donors (Lipinski definition) is 3. The average Bonchev–Trinajstić information content (AvgIpc) is 2.89. The molecule has 116 valence electrons. The van der Waals surface area contributed by atoms with Crippen LogP contribution in [0.3, 0.4) is 0 Å². The molecule has 0 spiro atoms. The SMILES string of the molecule is CC1CCn2nc(C(=O)N[C@@H]3CS(=O)(=O)C[C@H]3O)nc2N1. The predicted octanol–water partition coefficient (Wildman–Crippen LogP) is -1.63. The third kappa shape index (κ3) is 2.86. The summed E-state index contributed by atoms with van der Waals surface area (Å²) >= 11 is 0. The number of sulfone groups is 1. The Bertz CT molecular complexity index is 670. The van der Waals surface area contributed by atoms with Gasteiger partial charge in [-0.1, -0.05) is 0 Å². The zero-order valence-corrected chi connectivity index (χ0v) is 12.3. The van der Waals surface area contributed by atoms with E-state index in [1.54, 1.807) is 4.68 Å². The lowest BCUT2D eigenvalue weighted by Gasteiger charge is -2.20. The molecule has 0 aromatic carbocycles. The Hall–Kier alpha value is -1.68. The van der Waals surface area contributed by atoms with Gasteiger partial charge in [0.1, 0.15) is 0 Å². The van der Waals surface area contributed by atoms with Crippen molar-refractivity contribution >= 4 is 21.7 Å². The molecule has 3 rings (SSSR count). The van der Waals surface area contributed by atoms with Crippen molar-refractivity contribution in [2.24, 2.45) is 0 Å². The van der Waals surface area contributed by atoms with Gasteiger partial charge >= 0.3 is 0 Å². The third-order valence-corrected chi connectivity index (χ3v) is 5.38. The quantitative estimate of drug-likeness (QED) is 0.598. The Balaban J connectivity index is 1.72. The molecule has 1 saturated heterocycles. The van der Waals surface area contributed by atoms with Crippen LogP contribution in [0.25, 0.3) is 0 Å². The van der Waals surface area contributed by atoms with E-state index in [1.807, 2.05) is 6.92 Å². The molecule has 0 aliphatic carbocycles. The first-order valence-corrected chi connectivity index (χ1v) is 8.57.